The van der Waals surface area contributed by atoms with E-state index in [2.05, 4.69) is 15.2 Å². The monoisotopic (exact) mass is 541 g/mol. The number of guanidine groups is 1. The molecule has 2 fully saturated rings. The first-order chi connectivity index (χ1) is 12.6. The van der Waals surface area contributed by atoms with Crippen LogP contribution in [0.15, 0.2) is 4.99 Å². The largest absolute Gasteiger partial charge is 0.403 e. The molecule has 2 saturated heterocycles. The van der Waals surface area contributed by atoms with Crippen molar-refractivity contribution in [1.29, 1.82) is 0 Å². The van der Waals surface area contributed by atoms with E-state index in [1.165, 1.54) is 11.8 Å². The van der Waals surface area contributed by atoms with Crippen molar-refractivity contribution in [1.82, 2.24) is 20.0 Å². The van der Waals surface area contributed by atoms with Crippen molar-refractivity contribution in [3.05, 3.63) is 0 Å². The van der Waals surface area contributed by atoms with Crippen LogP contribution in [-0.2, 0) is 9.84 Å². The second-order valence-electron chi connectivity index (χ2n) is 6.97. The fraction of sp³-hybridized carbons (Fsp3) is 0.938. The van der Waals surface area contributed by atoms with E-state index in [4.69, 9.17) is 0 Å². The molecule has 1 atom stereocenters. The summed E-state index contributed by atoms with van der Waals surface area (Å²) in [7, 11) is -2.89. The fourth-order valence-corrected chi connectivity index (χ4v) is 4.50. The summed E-state index contributed by atoms with van der Waals surface area (Å²) in [6.45, 7) is 7.77. The molecule has 0 bridgehead atoms. The highest BCUT2D eigenvalue weighted by molar-refractivity contribution is 14.0. The number of halogens is 4. The average molecular weight is 541 g/mol. The standard InChI is InChI=1S/C16H30F3N5O2S.HI/c1-3-20-15(21-4-5-22-10-12-27(25,26)13-11-22)24-8-6-23(7-9-24)14(2)16(17,18)19;/h14H,3-13H2,1-2H3,(H,20,21);1H. The summed E-state index contributed by atoms with van der Waals surface area (Å²) in [6, 6.07) is -1.44. The van der Waals surface area contributed by atoms with Gasteiger partial charge in [-0.05, 0) is 13.8 Å². The SMILES string of the molecule is CCNC(=NCCN1CCS(=O)(=O)CC1)N1CCN(C(C)C(F)(F)F)CC1.I. The average Bonchev–Trinajstić information content (AvgIpc) is 2.61. The van der Waals surface area contributed by atoms with E-state index in [1.54, 1.807) is 0 Å². The molecule has 0 amide bonds. The maximum absolute atomic E-state index is 12.9. The minimum atomic E-state index is -4.21. The van der Waals surface area contributed by atoms with Crippen LogP contribution in [0.1, 0.15) is 13.8 Å². The highest BCUT2D eigenvalue weighted by Crippen LogP contribution is 2.25. The Morgan fingerprint density at radius 2 is 1.68 bits per heavy atom. The predicted octanol–water partition coefficient (Wildman–Crippen LogP) is 0.869. The minimum absolute atomic E-state index is 0. The van der Waals surface area contributed by atoms with Gasteiger partial charge in [-0.3, -0.25) is 14.8 Å². The van der Waals surface area contributed by atoms with Crippen LogP contribution in [0.3, 0.4) is 0 Å². The molecule has 7 nitrogen and oxygen atoms in total. The number of nitrogens with zero attached hydrogens (tertiary/aromatic N) is 4. The van der Waals surface area contributed by atoms with Gasteiger partial charge in [0.1, 0.15) is 6.04 Å². The Morgan fingerprint density at radius 3 is 2.18 bits per heavy atom. The maximum Gasteiger partial charge on any atom is 0.403 e. The second kappa shape index (κ2) is 11.2. The van der Waals surface area contributed by atoms with Crippen LogP contribution in [-0.4, -0.2) is 112 Å². The quantitative estimate of drug-likeness (QED) is 0.317. The molecule has 2 heterocycles. The Bertz CT molecular complexity index is 596. The number of nitrogens with one attached hydrogen (secondary N) is 1. The molecule has 0 saturated carbocycles. The van der Waals surface area contributed by atoms with E-state index in [-0.39, 0.29) is 35.5 Å². The number of hydrogen-bond acceptors (Lipinski definition) is 5. The third-order valence-corrected chi connectivity index (χ3v) is 6.69. The smallest absolute Gasteiger partial charge is 0.357 e. The number of aliphatic imine (C=N–C) groups is 1. The third kappa shape index (κ3) is 7.82. The summed E-state index contributed by atoms with van der Waals surface area (Å²) in [5, 5.41) is 3.20. The van der Waals surface area contributed by atoms with Gasteiger partial charge in [0.2, 0.25) is 0 Å². The lowest BCUT2D eigenvalue weighted by atomic mass is 10.2. The Kier molecular flexibility index (Phi) is 10.2. The van der Waals surface area contributed by atoms with Crippen molar-refractivity contribution in [2.24, 2.45) is 4.99 Å². The Hall–Kier alpha value is -0.340. The van der Waals surface area contributed by atoms with Crippen LogP contribution >= 0.6 is 24.0 Å². The maximum atomic E-state index is 12.9. The van der Waals surface area contributed by atoms with Gasteiger partial charge in [0.05, 0.1) is 18.1 Å². The summed E-state index contributed by atoms with van der Waals surface area (Å²) in [6.07, 6.45) is -4.21. The number of hydrogen-bond donors (Lipinski definition) is 1. The molecule has 28 heavy (non-hydrogen) atoms. The number of rotatable bonds is 5. The lowest BCUT2D eigenvalue weighted by Gasteiger charge is -2.39. The zero-order valence-electron chi connectivity index (χ0n) is 16.4. The number of alkyl halides is 3. The molecular weight excluding hydrogens is 510 g/mol. The van der Waals surface area contributed by atoms with Crippen LogP contribution < -0.4 is 5.32 Å². The predicted molar refractivity (Wildman–Crippen MR) is 115 cm³/mol. The second-order valence-corrected chi connectivity index (χ2v) is 9.27. The van der Waals surface area contributed by atoms with E-state index in [9.17, 15) is 21.6 Å². The molecule has 12 heteroatoms. The fourth-order valence-electron chi connectivity index (χ4n) is 3.23. The van der Waals surface area contributed by atoms with Gasteiger partial charge in [-0.15, -0.1) is 24.0 Å². The summed E-state index contributed by atoms with van der Waals surface area (Å²) < 4.78 is 61.5. The Balaban J connectivity index is 0.00000392. The van der Waals surface area contributed by atoms with Gasteiger partial charge < -0.3 is 10.2 Å². The van der Waals surface area contributed by atoms with Crippen LogP contribution in [0, 0.1) is 0 Å². The molecule has 0 spiro atoms. The van der Waals surface area contributed by atoms with Gasteiger partial charge in [-0.25, -0.2) is 8.42 Å². The van der Waals surface area contributed by atoms with E-state index < -0.39 is 22.1 Å². The molecule has 1 N–H and O–H groups in total. The van der Waals surface area contributed by atoms with Gasteiger partial charge in [0.15, 0.2) is 15.8 Å². The topological polar surface area (TPSA) is 68.2 Å². The Labute approximate surface area is 182 Å². The zero-order valence-corrected chi connectivity index (χ0v) is 19.6. The van der Waals surface area contributed by atoms with Crippen molar-refractivity contribution in [2.75, 3.05) is 70.4 Å². The van der Waals surface area contributed by atoms with Gasteiger partial charge in [-0.1, -0.05) is 0 Å². The van der Waals surface area contributed by atoms with Gasteiger partial charge >= 0.3 is 6.18 Å². The molecule has 2 aliphatic rings. The zero-order chi connectivity index (χ0) is 20.1. The van der Waals surface area contributed by atoms with Crippen molar-refractivity contribution in [3.63, 3.8) is 0 Å². The summed E-state index contributed by atoms with van der Waals surface area (Å²) in [5.41, 5.74) is 0. The first-order valence-electron chi connectivity index (χ1n) is 9.39. The van der Waals surface area contributed by atoms with E-state index >= 15 is 0 Å². The molecule has 0 radical (unpaired) electrons. The van der Waals surface area contributed by atoms with Crippen molar-refractivity contribution >= 4 is 39.8 Å². The summed E-state index contributed by atoms with van der Waals surface area (Å²) in [4.78, 5) is 10.1. The molecule has 1 unspecified atom stereocenters. The molecule has 2 rings (SSSR count). The van der Waals surface area contributed by atoms with E-state index in [0.717, 1.165) is 0 Å². The van der Waals surface area contributed by atoms with E-state index in [0.29, 0.717) is 64.9 Å². The van der Waals surface area contributed by atoms with Crippen molar-refractivity contribution in [3.8, 4) is 0 Å². The molecule has 2 aliphatic heterocycles. The molecule has 0 aliphatic carbocycles. The van der Waals surface area contributed by atoms with Gasteiger partial charge in [-0.2, -0.15) is 13.2 Å². The highest BCUT2D eigenvalue weighted by Gasteiger charge is 2.41. The van der Waals surface area contributed by atoms with E-state index in [1.807, 2.05) is 11.8 Å². The van der Waals surface area contributed by atoms with Crippen LogP contribution in [0.5, 0.6) is 0 Å². The van der Waals surface area contributed by atoms with Crippen molar-refractivity contribution in [2.45, 2.75) is 26.1 Å². The number of piperazine rings is 1. The first-order valence-corrected chi connectivity index (χ1v) is 11.2. The van der Waals surface area contributed by atoms with Crippen LogP contribution in [0.25, 0.3) is 0 Å². The lowest BCUT2D eigenvalue weighted by Crippen LogP contribution is -2.56. The molecule has 0 aromatic rings. The van der Waals surface area contributed by atoms with Gasteiger partial charge in [0, 0.05) is 52.4 Å². The van der Waals surface area contributed by atoms with Gasteiger partial charge in [0.25, 0.3) is 0 Å². The van der Waals surface area contributed by atoms with Crippen LogP contribution in [0.4, 0.5) is 13.2 Å². The first kappa shape index (κ1) is 25.7. The molecule has 0 aromatic carbocycles. The third-order valence-electron chi connectivity index (χ3n) is 5.08. The molecule has 166 valence electrons. The highest BCUT2D eigenvalue weighted by atomic mass is 127. The van der Waals surface area contributed by atoms with Crippen LogP contribution in [0.2, 0.25) is 0 Å². The minimum Gasteiger partial charge on any atom is -0.357 e. The Morgan fingerprint density at radius 1 is 1.11 bits per heavy atom. The molecular formula is C16H31F3IN5O2S. The summed E-state index contributed by atoms with van der Waals surface area (Å²) >= 11 is 0. The summed E-state index contributed by atoms with van der Waals surface area (Å²) in [5.74, 6) is 1.09. The molecule has 0 aromatic heterocycles. The van der Waals surface area contributed by atoms with Crippen molar-refractivity contribution < 1.29 is 21.6 Å². The number of sulfone groups is 1. The normalized spacial score (nSPS) is 23.2. The lowest BCUT2D eigenvalue weighted by molar-refractivity contribution is -0.181.